The molecular weight excluding hydrogens is 298 g/mol. The fourth-order valence-electron chi connectivity index (χ4n) is 2.50. The Morgan fingerprint density at radius 3 is 2.50 bits per heavy atom. The Balaban J connectivity index is 1.73. The predicted molar refractivity (Wildman–Crippen MR) is 99.5 cm³/mol. The number of ether oxygens (including phenoxy) is 1. The van der Waals surface area contributed by atoms with Crippen molar-refractivity contribution in [2.24, 2.45) is 4.99 Å². The molecule has 0 saturated heterocycles. The molecule has 0 aliphatic heterocycles. The second kappa shape index (κ2) is 10.5. The molecule has 0 heterocycles. The quantitative estimate of drug-likeness (QED) is 0.394. The normalized spacial score (nSPS) is 11.5. The standard InChI is InChI=1S/C21H27NO2/c1-2-10-21(24-17-18-11-4-3-5-12-18)22-16-9-8-14-19-13-6-7-15-20(19)23/h3-7,11-13,15,23H,2,8-10,14,16-17H2,1H3. The minimum absolute atomic E-state index is 0.388. The van der Waals surface area contributed by atoms with E-state index in [0.717, 1.165) is 50.1 Å². The van der Waals surface area contributed by atoms with Crippen molar-refractivity contribution in [2.75, 3.05) is 6.54 Å². The maximum absolute atomic E-state index is 9.76. The molecule has 0 bridgehead atoms. The fraction of sp³-hybridized carbons (Fsp3) is 0.381. The Morgan fingerprint density at radius 2 is 1.75 bits per heavy atom. The van der Waals surface area contributed by atoms with Gasteiger partial charge in [-0.3, -0.25) is 4.99 Å². The van der Waals surface area contributed by atoms with Crippen LogP contribution in [-0.2, 0) is 17.8 Å². The van der Waals surface area contributed by atoms with E-state index in [0.29, 0.717) is 12.4 Å². The van der Waals surface area contributed by atoms with Crippen LogP contribution in [0.3, 0.4) is 0 Å². The highest BCUT2D eigenvalue weighted by molar-refractivity contribution is 5.76. The molecule has 0 amide bonds. The number of rotatable bonds is 9. The zero-order valence-electron chi connectivity index (χ0n) is 14.4. The number of aliphatic imine (C=N–C) groups is 1. The van der Waals surface area contributed by atoms with Crippen LogP contribution >= 0.6 is 0 Å². The fourth-order valence-corrected chi connectivity index (χ4v) is 2.50. The number of aryl methyl sites for hydroxylation is 1. The third kappa shape index (κ3) is 6.45. The molecule has 0 aromatic heterocycles. The SMILES string of the molecule is CCCC(=NCCCCc1ccccc1O)OCc1ccccc1. The van der Waals surface area contributed by atoms with Crippen LogP contribution in [0.15, 0.2) is 59.6 Å². The summed E-state index contributed by atoms with van der Waals surface area (Å²) in [7, 11) is 0. The summed E-state index contributed by atoms with van der Waals surface area (Å²) in [5.74, 6) is 1.24. The van der Waals surface area contributed by atoms with E-state index in [1.807, 2.05) is 36.4 Å². The van der Waals surface area contributed by atoms with E-state index in [4.69, 9.17) is 4.74 Å². The summed E-state index contributed by atoms with van der Waals surface area (Å²) in [6, 6.07) is 17.7. The Bertz CT molecular complexity index is 623. The first-order valence-electron chi connectivity index (χ1n) is 8.76. The summed E-state index contributed by atoms with van der Waals surface area (Å²) in [5.41, 5.74) is 2.18. The lowest BCUT2D eigenvalue weighted by Gasteiger charge is -2.09. The number of aromatic hydroxyl groups is 1. The minimum atomic E-state index is 0.388. The molecule has 0 saturated carbocycles. The van der Waals surface area contributed by atoms with E-state index in [-0.39, 0.29) is 0 Å². The Morgan fingerprint density at radius 1 is 1.00 bits per heavy atom. The van der Waals surface area contributed by atoms with Crippen molar-refractivity contribution in [1.82, 2.24) is 0 Å². The van der Waals surface area contributed by atoms with Crippen LogP contribution in [0.2, 0.25) is 0 Å². The summed E-state index contributed by atoms with van der Waals surface area (Å²) < 4.78 is 5.86. The molecule has 128 valence electrons. The molecule has 0 spiro atoms. The van der Waals surface area contributed by atoms with Crippen LogP contribution in [0.5, 0.6) is 5.75 Å². The van der Waals surface area contributed by atoms with Crippen molar-refractivity contribution in [3.05, 3.63) is 65.7 Å². The third-order valence-electron chi connectivity index (χ3n) is 3.85. The van der Waals surface area contributed by atoms with Gasteiger partial charge < -0.3 is 9.84 Å². The van der Waals surface area contributed by atoms with E-state index in [1.54, 1.807) is 6.07 Å². The lowest BCUT2D eigenvalue weighted by atomic mass is 10.1. The number of nitrogens with zero attached hydrogens (tertiary/aromatic N) is 1. The predicted octanol–water partition coefficient (Wildman–Crippen LogP) is 5.13. The van der Waals surface area contributed by atoms with Gasteiger partial charge in [0.05, 0.1) is 0 Å². The molecular formula is C21H27NO2. The Hall–Kier alpha value is -2.29. The van der Waals surface area contributed by atoms with Gasteiger partial charge in [-0.2, -0.15) is 0 Å². The van der Waals surface area contributed by atoms with E-state index < -0.39 is 0 Å². The van der Waals surface area contributed by atoms with Crippen molar-refractivity contribution < 1.29 is 9.84 Å². The number of phenols is 1. The second-order valence-corrected chi connectivity index (χ2v) is 5.89. The summed E-state index contributed by atoms with van der Waals surface area (Å²) in [5, 5.41) is 9.76. The number of hydrogen-bond donors (Lipinski definition) is 1. The van der Waals surface area contributed by atoms with E-state index in [2.05, 4.69) is 24.0 Å². The van der Waals surface area contributed by atoms with Crippen LogP contribution in [0.1, 0.15) is 43.7 Å². The monoisotopic (exact) mass is 325 g/mol. The molecule has 3 heteroatoms. The lowest BCUT2D eigenvalue weighted by Crippen LogP contribution is -2.06. The van der Waals surface area contributed by atoms with Gasteiger partial charge in [0.1, 0.15) is 12.4 Å². The topological polar surface area (TPSA) is 41.8 Å². The summed E-state index contributed by atoms with van der Waals surface area (Å²) in [6.45, 7) is 3.49. The largest absolute Gasteiger partial charge is 0.508 e. The van der Waals surface area contributed by atoms with Gasteiger partial charge in [-0.05, 0) is 42.9 Å². The third-order valence-corrected chi connectivity index (χ3v) is 3.85. The molecule has 0 radical (unpaired) electrons. The highest BCUT2D eigenvalue weighted by Gasteiger charge is 2.02. The van der Waals surface area contributed by atoms with Crippen LogP contribution in [-0.4, -0.2) is 17.5 Å². The smallest absolute Gasteiger partial charge is 0.183 e. The molecule has 0 aliphatic rings. The molecule has 24 heavy (non-hydrogen) atoms. The Labute approximate surface area is 145 Å². The van der Waals surface area contributed by atoms with Crippen molar-refractivity contribution in [1.29, 1.82) is 0 Å². The van der Waals surface area contributed by atoms with Crippen molar-refractivity contribution in [3.63, 3.8) is 0 Å². The second-order valence-electron chi connectivity index (χ2n) is 5.89. The summed E-state index contributed by atoms with van der Waals surface area (Å²) >= 11 is 0. The number of hydrogen-bond acceptors (Lipinski definition) is 3. The maximum atomic E-state index is 9.76. The molecule has 0 atom stereocenters. The summed E-state index contributed by atoms with van der Waals surface area (Å²) in [4.78, 5) is 4.61. The molecule has 2 aromatic rings. The van der Waals surface area contributed by atoms with Crippen LogP contribution < -0.4 is 0 Å². The maximum Gasteiger partial charge on any atom is 0.183 e. The first-order chi connectivity index (χ1) is 11.8. The van der Waals surface area contributed by atoms with Gasteiger partial charge in [-0.25, -0.2) is 0 Å². The van der Waals surface area contributed by atoms with Gasteiger partial charge in [-0.1, -0.05) is 55.5 Å². The molecule has 2 aromatic carbocycles. The van der Waals surface area contributed by atoms with E-state index in [1.165, 1.54) is 5.56 Å². The average molecular weight is 325 g/mol. The van der Waals surface area contributed by atoms with E-state index >= 15 is 0 Å². The van der Waals surface area contributed by atoms with Crippen molar-refractivity contribution >= 4 is 5.90 Å². The minimum Gasteiger partial charge on any atom is -0.508 e. The van der Waals surface area contributed by atoms with Gasteiger partial charge >= 0.3 is 0 Å². The zero-order chi connectivity index (χ0) is 17.0. The number of para-hydroxylation sites is 1. The van der Waals surface area contributed by atoms with E-state index in [9.17, 15) is 5.11 Å². The molecule has 1 N–H and O–H groups in total. The molecule has 0 fully saturated rings. The number of phenolic OH excluding ortho intramolecular Hbond substituents is 1. The van der Waals surface area contributed by atoms with Gasteiger partial charge in [0.2, 0.25) is 0 Å². The van der Waals surface area contributed by atoms with Gasteiger partial charge in [0.15, 0.2) is 5.90 Å². The van der Waals surface area contributed by atoms with Crippen molar-refractivity contribution in [2.45, 2.75) is 45.6 Å². The Kier molecular flexibility index (Phi) is 7.88. The highest BCUT2D eigenvalue weighted by Crippen LogP contribution is 2.17. The first kappa shape index (κ1) is 18.1. The summed E-state index contributed by atoms with van der Waals surface area (Å²) in [6.07, 6.45) is 4.81. The molecule has 0 aliphatic carbocycles. The molecule has 0 unspecified atom stereocenters. The van der Waals surface area contributed by atoms with Crippen LogP contribution in [0.25, 0.3) is 0 Å². The van der Waals surface area contributed by atoms with Gasteiger partial charge in [0, 0.05) is 13.0 Å². The molecule has 2 rings (SSSR count). The van der Waals surface area contributed by atoms with Crippen molar-refractivity contribution in [3.8, 4) is 5.75 Å². The highest BCUT2D eigenvalue weighted by atomic mass is 16.5. The van der Waals surface area contributed by atoms with Crippen LogP contribution in [0.4, 0.5) is 0 Å². The number of unbranched alkanes of at least 4 members (excludes halogenated alkanes) is 1. The zero-order valence-corrected chi connectivity index (χ0v) is 14.4. The van der Waals surface area contributed by atoms with Gasteiger partial charge in [0.25, 0.3) is 0 Å². The number of benzene rings is 2. The van der Waals surface area contributed by atoms with Gasteiger partial charge in [-0.15, -0.1) is 0 Å². The average Bonchev–Trinajstić information content (AvgIpc) is 2.61. The lowest BCUT2D eigenvalue weighted by molar-refractivity contribution is 0.281. The van der Waals surface area contributed by atoms with Crippen LogP contribution in [0, 0.1) is 0 Å². The molecule has 3 nitrogen and oxygen atoms in total. The first-order valence-corrected chi connectivity index (χ1v) is 8.76.